The molecular weight excluding hydrogens is 464 g/mol. The number of carbonyl (C=O) groups is 1. The molecule has 0 aliphatic carbocycles. The third-order valence-electron chi connectivity index (χ3n) is 7.58. The summed E-state index contributed by atoms with van der Waals surface area (Å²) >= 11 is 0. The number of aromatic nitrogens is 2. The van der Waals surface area contributed by atoms with E-state index >= 15 is 0 Å². The van der Waals surface area contributed by atoms with Crippen molar-refractivity contribution in [1.29, 1.82) is 0 Å². The molecule has 7 nitrogen and oxygen atoms in total. The Balaban J connectivity index is 1.65. The van der Waals surface area contributed by atoms with Gasteiger partial charge >= 0.3 is 0 Å². The molecule has 0 N–H and O–H groups in total. The molecule has 0 saturated carbocycles. The number of fused-ring (bicyclic) bond motifs is 5. The van der Waals surface area contributed by atoms with Crippen molar-refractivity contribution in [2.45, 2.75) is 45.3 Å². The number of carbonyl (C=O) groups excluding carboxylic acids is 1. The molecule has 6 rings (SSSR count). The fraction of sp³-hybridized carbons (Fsp3) is 0.444. The summed E-state index contributed by atoms with van der Waals surface area (Å²) in [6, 6.07) is 9.61. The van der Waals surface area contributed by atoms with Gasteiger partial charge in [0.25, 0.3) is 5.56 Å². The third-order valence-corrected chi connectivity index (χ3v) is 7.58. The zero-order valence-corrected chi connectivity index (χ0v) is 20.9. The van der Waals surface area contributed by atoms with Crippen molar-refractivity contribution in [3.63, 3.8) is 0 Å². The number of piperidine rings is 1. The van der Waals surface area contributed by atoms with Gasteiger partial charge in [-0.3, -0.25) is 14.2 Å². The standard InChI is InChI=1S/C27H31F2N5O2/c1-17(2)31(3)24(35)16-34-26(20-5-4-6-22(28)25(20)29)30-23-8-7-19(15-21(23)27(34)36)33-14-13-32-11-9-18(33)10-12-32/h4-8,15,17-18H,9-14,16H2,1-3H3. The third kappa shape index (κ3) is 4.36. The SMILES string of the molecule is CC(C)N(C)C(=O)Cn1c(-c2cccc(F)c2F)nc2ccc(N3CCN4CCC3CC4)cc2c1=O. The van der Waals surface area contributed by atoms with Crippen molar-refractivity contribution in [3.05, 3.63) is 58.4 Å². The average molecular weight is 496 g/mol. The summed E-state index contributed by atoms with van der Waals surface area (Å²) in [4.78, 5) is 37.7. The summed E-state index contributed by atoms with van der Waals surface area (Å²) < 4.78 is 30.1. The average Bonchev–Trinajstić information content (AvgIpc) is 3.20. The first kappa shape index (κ1) is 24.4. The maximum absolute atomic E-state index is 14.8. The van der Waals surface area contributed by atoms with Crippen LogP contribution in [0.4, 0.5) is 14.5 Å². The first-order valence-electron chi connectivity index (χ1n) is 12.5. The second kappa shape index (κ2) is 9.61. The molecule has 1 amide bonds. The Hall–Kier alpha value is -3.33. The molecule has 0 spiro atoms. The highest BCUT2D eigenvalue weighted by molar-refractivity contribution is 5.85. The van der Waals surface area contributed by atoms with Gasteiger partial charge in [-0.15, -0.1) is 0 Å². The van der Waals surface area contributed by atoms with Crippen molar-refractivity contribution >= 4 is 22.5 Å². The highest BCUT2D eigenvalue weighted by Gasteiger charge is 2.30. The second-order valence-corrected chi connectivity index (χ2v) is 9.99. The minimum atomic E-state index is -1.10. The molecule has 3 aromatic rings. The van der Waals surface area contributed by atoms with Crippen LogP contribution in [-0.4, -0.2) is 70.6 Å². The first-order chi connectivity index (χ1) is 17.2. The number of hydrogen-bond donors (Lipinski definition) is 0. The Morgan fingerprint density at radius 1 is 1.11 bits per heavy atom. The highest BCUT2D eigenvalue weighted by Crippen LogP contribution is 2.30. The highest BCUT2D eigenvalue weighted by atomic mass is 19.2. The zero-order valence-electron chi connectivity index (χ0n) is 20.9. The van der Waals surface area contributed by atoms with Crippen LogP contribution in [0, 0.1) is 11.6 Å². The Kier molecular flexibility index (Phi) is 6.51. The normalized spacial score (nSPS) is 19.7. The predicted octanol–water partition coefficient (Wildman–Crippen LogP) is 3.49. The van der Waals surface area contributed by atoms with Crippen molar-refractivity contribution in [2.75, 3.05) is 38.1 Å². The number of amides is 1. The molecule has 3 aliphatic rings. The smallest absolute Gasteiger partial charge is 0.262 e. The van der Waals surface area contributed by atoms with Crippen LogP contribution in [0.2, 0.25) is 0 Å². The number of rotatable bonds is 5. The van der Waals surface area contributed by atoms with Gasteiger partial charge in [-0.05, 0) is 57.0 Å². The van der Waals surface area contributed by atoms with Gasteiger partial charge in [-0.25, -0.2) is 13.8 Å². The number of anilines is 1. The van der Waals surface area contributed by atoms with Crippen LogP contribution in [0.1, 0.15) is 26.7 Å². The van der Waals surface area contributed by atoms with Crippen LogP contribution in [-0.2, 0) is 11.3 Å². The van der Waals surface area contributed by atoms with Gasteiger partial charge < -0.3 is 14.7 Å². The maximum atomic E-state index is 14.8. The van der Waals surface area contributed by atoms with Crippen LogP contribution >= 0.6 is 0 Å². The summed E-state index contributed by atoms with van der Waals surface area (Å²) in [5.74, 6) is -2.53. The predicted molar refractivity (Wildman–Crippen MR) is 136 cm³/mol. The fourth-order valence-electron chi connectivity index (χ4n) is 5.18. The van der Waals surface area contributed by atoms with E-state index in [1.165, 1.54) is 21.6 Å². The largest absolute Gasteiger partial charge is 0.367 e. The summed E-state index contributed by atoms with van der Waals surface area (Å²) in [5.41, 5.74) is 0.716. The van der Waals surface area contributed by atoms with Crippen molar-refractivity contribution in [1.82, 2.24) is 19.4 Å². The van der Waals surface area contributed by atoms with E-state index in [4.69, 9.17) is 0 Å². The van der Waals surface area contributed by atoms with Crippen LogP contribution < -0.4 is 10.5 Å². The summed E-state index contributed by atoms with van der Waals surface area (Å²) in [6.07, 6.45) is 2.16. The second-order valence-electron chi connectivity index (χ2n) is 9.99. The fourth-order valence-corrected chi connectivity index (χ4v) is 5.18. The summed E-state index contributed by atoms with van der Waals surface area (Å²) in [7, 11) is 1.65. The van der Waals surface area contributed by atoms with E-state index in [9.17, 15) is 18.4 Å². The van der Waals surface area contributed by atoms with E-state index in [1.807, 2.05) is 26.0 Å². The molecule has 0 atom stereocenters. The molecule has 2 bridgehead atoms. The number of nitrogens with zero attached hydrogens (tertiary/aromatic N) is 5. The van der Waals surface area contributed by atoms with Gasteiger partial charge in [0, 0.05) is 51.0 Å². The maximum Gasteiger partial charge on any atom is 0.262 e. The Morgan fingerprint density at radius 3 is 2.58 bits per heavy atom. The van der Waals surface area contributed by atoms with Gasteiger partial charge in [-0.2, -0.15) is 0 Å². The zero-order chi connectivity index (χ0) is 25.6. The minimum Gasteiger partial charge on any atom is -0.367 e. The molecule has 190 valence electrons. The van der Waals surface area contributed by atoms with E-state index in [2.05, 4.69) is 14.8 Å². The lowest BCUT2D eigenvalue weighted by Gasteiger charge is -2.33. The van der Waals surface area contributed by atoms with Crippen molar-refractivity contribution < 1.29 is 13.6 Å². The van der Waals surface area contributed by atoms with E-state index in [0.717, 1.165) is 50.8 Å². The van der Waals surface area contributed by atoms with Crippen molar-refractivity contribution in [2.24, 2.45) is 0 Å². The molecule has 0 unspecified atom stereocenters. The minimum absolute atomic E-state index is 0.0658. The number of benzene rings is 2. The molecule has 3 fully saturated rings. The lowest BCUT2D eigenvalue weighted by molar-refractivity contribution is -0.132. The molecule has 1 aromatic heterocycles. The summed E-state index contributed by atoms with van der Waals surface area (Å²) in [6.45, 7) is 7.42. The van der Waals surface area contributed by atoms with Crippen LogP contribution in [0.15, 0.2) is 41.2 Å². The van der Waals surface area contributed by atoms with Crippen LogP contribution in [0.25, 0.3) is 22.3 Å². The Bertz CT molecular complexity index is 1360. The number of hydrogen-bond acceptors (Lipinski definition) is 5. The lowest BCUT2D eigenvalue weighted by atomic mass is 10.0. The number of halogens is 2. The molecule has 0 radical (unpaired) electrons. The molecule has 36 heavy (non-hydrogen) atoms. The van der Waals surface area contributed by atoms with E-state index in [-0.39, 0.29) is 29.9 Å². The topological polar surface area (TPSA) is 61.7 Å². The molecule has 3 aliphatic heterocycles. The lowest BCUT2D eigenvalue weighted by Crippen LogP contribution is -2.39. The van der Waals surface area contributed by atoms with Gasteiger partial charge in [0.2, 0.25) is 5.91 Å². The Morgan fingerprint density at radius 2 is 1.86 bits per heavy atom. The number of likely N-dealkylation sites (N-methyl/N-ethyl adjacent to an activating group) is 1. The molecule has 9 heteroatoms. The van der Waals surface area contributed by atoms with E-state index in [0.29, 0.717) is 16.9 Å². The summed E-state index contributed by atoms with van der Waals surface area (Å²) in [5, 5.41) is 0.354. The first-order valence-corrected chi connectivity index (χ1v) is 12.5. The van der Waals surface area contributed by atoms with Gasteiger partial charge in [0.1, 0.15) is 12.4 Å². The van der Waals surface area contributed by atoms with E-state index in [1.54, 1.807) is 13.1 Å². The monoisotopic (exact) mass is 495 g/mol. The van der Waals surface area contributed by atoms with Crippen LogP contribution in [0.5, 0.6) is 0 Å². The molecule has 3 saturated heterocycles. The van der Waals surface area contributed by atoms with Gasteiger partial charge in [-0.1, -0.05) is 6.07 Å². The van der Waals surface area contributed by atoms with E-state index < -0.39 is 17.2 Å². The molecule has 2 aromatic carbocycles. The Labute approximate surface area is 208 Å². The quantitative estimate of drug-likeness (QED) is 0.542. The van der Waals surface area contributed by atoms with Crippen LogP contribution in [0.3, 0.4) is 0 Å². The molecular formula is C27H31F2N5O2. The van der Waals surface area contributed by atoms with Gasteiger partial charge in [0.15, 0.2) is 11.6 Å². The van der Waals surface area contributed by atoms with Gasteiger partial charge in [0.05, 0.1) is 16.5 Å². The molecule has 4 heterocycles. The van der Waals surface area contributed by atoms with Crippen molar-refractivity contribution in [3.8, 4) is 11.4 Å².